The Hall–Kier alpha value is -1.47. The van der Waals surface area contributed by atoms with Crippen molar-refractivity contribution in [1.82, 2.24) is 10.3 Å². The maximum atomic E-state index is 13.0. The van der Waals surface area contributed by atoms with Gasteiger partial charge in [-0.25, -0.2) is 9.36 Å². The number of carbonyl (C=O) groups excluding carboxylic acids is 1. The first-order chi connectivity index (χ1) is 14.5. The van der Waals surface area contributed by atoms with E-state index in [1.54, 1.807) is 12.4 Å². The van der Waals surface area contributed by atoms with Gasteiger partial charge in [0.2, 0.25) is 0 Å². The summed E-state index contributed by atoms with van der Waals surface area (Å²) < 4.78 is 34.7. The van der Waals surface area contributed by atoms with Gasteiger partial charge in [0.25, 0.3) is 0 Å². The van der Waals surface area contributed by atoms with Crippen LogP contribution in [0.3, 0.4) is 0 Å². The number of alkyl carbamates (subject to hydrolysis) is 1. The molecule has 0 saturated heterocycles. The van der Waals surface area contributed by atoms with E-state index >= 15 is 0 Å². The summed E-state index contributed by atoms with van der Waals surface area (Å²) in [6.07, 6.45) is 8.36. The second-order valence-corrected chi connectivity index (χ2v) is 8.68. The van der Waals surface area contributed by atoms with Crippen LogP contribution in [0.4, 0.5) is 4.79 Å². The molecule has 1 heterocycles. The third kappa shape index (κ3) is 12.3. The molecule has 0 radical (unpaired) electrons. The van der Waals surface area contributed by atoms with Crippen molar-refractivity contribution >= 4 is 13.9 Å². The van der Waals surface area contributed by atoms with E-state index in [1.807, 2.05) is 32.9 Å². The van der Waals surface area contributed by atoms with Crippen LogP contribution in [-0.4, -0.2) is 43.5 Å². The summed E-state index contributed by atoms with van der Waals surface area (Å²) >= 11 is 0. The number of carbonyl (C=O) groups is 1. The zero-order valence-electron chi connectivity index (χ0n) is 18.5. The Morgan fingerprint density at radius 1 is 1.03 bits per heavy atom. The first-order valence-corrected chi connectivity index (χ1v) is 12.3. The lowest BCUT2D eigenvalue weighted by Gasteiger charge is -2.23. The molecule has 30 heavy (non-hydrogen) atoms. The van der Waals surface area contributed by atoms with Gasteiger partial charge in [-0.1, -0.05) is 46.1 Å². The third-order valence-electron chi connectivity index (χ3n) is 4.19. The normalized spacial score (nSPS) is 12.5. The molecule has 172 valence electrons. The highest BCUT2D eigenvalue weighted by atomic mass is 31.2. The van der Waals surface area contributed by atoms with Gasteiger partial charge in [0.05, 0.1) is 32.5 Å². The van der Waals surface area contributed by atoms with Crippen molar-refractivity contribution in [2.24, 2.45) is 0 Å². The van der Waals surface area contributed by atoms with Crippen LogP contribution in [0.5, 0.6) is 0 Å². The standard InChI is InChI=1S/C21H37N2O6P/c1-4-7-13-26-21(24)23-20(16-19-11-10-12-22-17-19)18-29-30(25,27-14-8-5-2)28-15-9-6-3/h10-12,17,20H,4-9,13-16,18H2,1-3H3,(H,23,24). The molecule has 0 aliphatic heterocycles. The summed E-state index contributed by atoms with van der Waals surface area (Å²) in [4.78, 5) is 16.2. The number of amides is 1. The molecular formula is C21H37N2O6P. The lowest BCUT2D eigenvalue weighted by molar-refractivity contribution is 0.0973. The molecule has 0 bridgehead atoms. The molecule has 1 unspecified atom stereocenters. The van der Waals surface area contributed by atoms with Gasteiger partial charge in [0.1, 0.15) is 0 Å². The van der Waals surface area contributed by atoms with Crippen molar-refractivity contribution in [2.75, 3.05) is 26.4 Å². The van der Waals surface area contributed by atoms with Gasteiger partial charge in [0.15, 0.2) is 0 Å². The van der Waals surface area contributed by atoms with Crippen molar-refractivity contribution in [3.8, 4) is 0 Å². The van der Waals surface area contributed by atoms with Crippen LogP contribution in [0.25, 0.3) is 0 Å². The molecule has 1 atom stereocenters. The summed E-state index contributed by atoms with van der Waals surface area (Å²) in [7, 11) is -3.71. The number of phosphoric ester groups is 1. The molecule has 0 aromatic carbocycles. The molecule has 0 aliphatic carbocycles. The fourth-order valence-corrected chi connectivity index (χ4v) is 3.70. The van der Waals surface area contributed by atoms with Gasteiger partial charge >= 0.3 is 13.9 Å². The smallest absolute Gasteiger partial charge is 0.450 e. The monoisotopic (exact) mass is 444 g/mol. The van der Waals surface area contributed by atoms with Gasteiger partial charge in [-0.05, 0) is 37.3 Å². The Bertz CT molecular complexity index is 603. The zero-order chi connectivity index (χ0) is 22.1. The van der Waals surface area contributed by atoms with Crippen molar-refractivity contribution in [3.05, 3.63) is 30.1 Å². The van der Waals surface area contributed by atoms with E-state index in [9.17, 15) is 9.36 Å². The summed E-state index contributed by atoms with van der Waals surface area (Å²) in [5, 5.41) is 2.79. The average Bonchev–Trinajstić information content (AvgIpc) is 2.73. The van der Waals surface area contributed by atoms with E-state index < -0.39 is 20.0 Å². The number of rotatable bonds is 17. The summed E-state index contributed by atoms with van der Waals surface area (Å²) in [6, 6.07) is 3.25. The second-order valence-electron chi connectivity index (χ2n) is 7.01. The predicted octanol–water partition coefficient (Wildman–Crippen LogP) is 5.28. The van der Waals surface area contributed by atoms with Gasteiger partial charge in [-0.2, -0.15) is 0 Å². The van der Waals surface area contributed by atoms with Crippen LogP contribution >= 0.6 is 7.82 Å². The van der Waals surface area contributed by atoms with E-state index in [1.165, 1.54) is 0 Å². The fourth-order valence-electron chi connectivity index (χ4n) is 2.41. The highest BCUT2D eigenvalue weighted by Crippen LogP contribution is 2.49. The van der Waals surface area contributed by atoms with E-state index in [0.717, 1.165) is 44.1 Å². The van der Waals surface area contributed by atoms with Crippen molar-refractivity contribution in [3.63, 3.8) is 0 Å². The maximum absolute atomic E-state index is 13.0. The largest absolute Gasteiger partial charge is 0.474 e. The molecule has 1 aromatic heterocycles. The lowest BCUT2D eigenvalue weighted by Crippen LogP contribution is -2.40. The number of ether oxygens (including phenoxy) is 1. The molecule has 0 saturated carbocycles. The minimum atomic E-state index is -3.71. The van der Waals surface area contributed by atoms with Crippen molar-refractivity contribution in [1.29, 1.82) is 0 Å². The molecule has 0 spiro atoms. The van der Waals surface area contributed by atoms with E-state index in [0.29, 0.717) is 26.2 Å². The van der Waals surface area contributed by atoms with E-state index in [4.69, 9.17) is 18.3 Å². The molecule has 0 aliphatic rings. The zero-order valence-corrected chi connectivity index (χ0v) is 19.4. The first-order valence-electron chi connectivity index (χ1n) is 10.9. The Balaban J connectivity index is 2.74. The number of pyridine rings is 1. The Kier molecular flexibility index (Phi) is 14.4. The van der Waals surface area contributed by atoms with Crippen molar-refractivity contribution < 1.29 is 27.7 Å². The summed E-state index contributed by atoms with van der Waals surface area (Å²) in [6.45, 7) is 6.96. The molecule has 1 aromatic rings. The lowest BCUT2D eigenvalue weighted by atomic mass is 10.1. The number of nitrogens with zero attached hydrogens (tertiary/aromatic N) is 1. The highest BCUT2D eigenvalue weighted by Gasteiger charge is 2.28. The second kappa shape index (κ2) is 16.3. The molecule has 1 rings (SSSR count). The Morgan fingerprint density at radius 2 is 1.67 bits per heavy atom. The quantitative estimate of drug-likeness (QED) is 0.258. The molecule has 1 amide bonds. The van der Waals surface area contributed by atoms with Crippen LogP contribution in [0.1, 0.15) is 64.9 Å². The number of aromatic nitrogens is 1. The number of nitrogens with one attached hydrogen (secondary N) is 1. The topological polar surface area (TPSA) is 96.0 Å². The molecule has 1 N–H and O–H groups in total. The third-order valence-corrected chi connectivity index (χ3v) is 5.65. The molecule has 9 heteroatoms. The van der Waals surface area contributed by atoms with Gasteiger partial charge in [-0.15, -0.1) is 0 Å². The summed E-state index contributed by atoms with van der Waals surface area (Å²) in [5.41, 5.74) is 0.911. The van der Waals surface area contributed by atoms with E-state index in [-0.39, 0.29) is 6.61 Å². The van der Waals surface area contributed by atoms with Gasteiger partial charge in [0, 0.05) is 12.4 Å². The summed E-state index contributed by atoms with van der Waals surface area (Å²) in [5.74, 6) is 0. The van der Waals surface area contributed by atoms with Crippen LogP contribution < -0.4 is 5.32 Å². The predicted molar refractivity (Wildman–Crippen MR) is 116 cm³/mol. The Labute approximate surface area is 180 Å². The van der Waals surface area contributed by atoms with E-state index in [2.05, 4.69) is 10.3 Å². The number of phosphoric acid groups is 1. The highest BCUT2D eigenvalue weighted by molar-refractivity contribution is 7.48. The van der Waals surface area contributed by atoms with Crippen LogP contribution in [0.15, 0.2) is 24.5 Å². The molecule has 8 nitrogen and oxygen atoms in total. The number of hydrogen-bond acceptors (Lipinski definition) is 7. The molecule has 0 fully saturated rings. The SMILES string of the molecule is CCCCOC(=O)NC(COP(=O)(OCCCC)OCCCC)Cc1cccnc1. The molecular weight excluding hydrogens is 407 g/mol. The van der Waals surface area contributed by atoms with Crippen molar-refractivity contribution in [2.45, 2.75) is 71.8 Å². The number of unbranched alkanes of at least 4 members (excludes halogenated alkanes) is 3. The Morgan fingerprint density at radius 3 is 2.23 bits per heavy atom. The maximum Gasteiger partial charge on any atom is 0.474 e. The van der Waals surface area contributed by atoms with Gasteiger partial charge < -0.3 is 10.1 Å². The van der Waals surface area contributed by atoms with Crippen LogP contribution in [-0.2, 0) is 29.3 Å². The first kappa shape index (κ1) is 26.6. The van der Waals surface area contributed by atoms with Crippen LogP contribution in [0, 0.1) is 0 Å². The average molecular weight is 445 g/mol. The van der Waals surface area contributed by atoms with Crippen LogP contribution in [0.2, 0.25) is 0 Å². The number of hydrogen-bond donors (Lipinski definition) is 1. The minimum Gasteiger partial charge on any atom is -0.450 e. The fraction of sp³-hybridized carbons (Fsp3) is 0.714. The minimum absolute atomic E-state index is 0.0344. The van der Waals surface area contributed by atoms with Gasteiger partial charge in [-0.3, -0.25) is 18.6 Å².